The maximum absolute atomic E-state index is 12.1. The molecule has 1 aliphatic heterocycles. The molecule has 1 saturated heterocycles. The van der Waals surface area contributed by atoms with Gasteiger partial charge in [0.1, 0.15) is 0 Å². The average molecular weight is 345 g/mol. The summed E-state index contributed by atoms with van der Waals surface area (Å²) in [6.07, 6.45) is 3.30. The van der Waals surface area contributed by atoms with Crippen LogP contribution in [0.15, 0.2) is 35.4 Å². The third-order valence-corrected chi connectivity index (χ3v) is 4.59. The number of anilines is 1. The first kappa shape index (κ1) is 15.4. The summed E-state index contributed by atoms with van der Waals surface area (Å²) in [6.45, 7) is 1.91. The standard InChI is InChI=1S/C15H11N3O3S2/c1-8-7-16-14(22-8)17-12(19)10-4-2-9(3-5-10)6-11-13(20)18-15(21)23-11/h2-7H,1H3,(H,16,17,19)(H,18,20,21)/b11-6+. The van der Waals surface area contributed by atoms with Crippen LogP contribution in [-0.2, 0) is 4.79 Å². The van der Waals surface area contributed by atoms with Gasteiger partial charge in [0.2, 0.25) is 0 Å². The van der Waals surface area contributed by atoms with Crippen molar-refractivity contribution in [3.63, 3.8) is 0 Å². The molecular formula is C15H11N3O3S2. The van der Waals surface area contributed by atoms with E-state index in [9.17, 15) is 14.4 Å². The van der Waals surface area contributed by atoms with Gasteiger partial charge in [-0.2, -0.15) is 0 Å². The number of hydrogen-bond donors (Lipinski definition) is 2. The fourth-order valence-electron chi connectivity index (χ4n) is 1.88. The quantitative estimate of drug-likeness (QED) is 0.835. The van der Waals surface area contributed by atoms with Crippen molar-refractivity contribution in [2.24, 2.45) is 0 Å². The minimum Gasteiger partial charge on any atom is -0.298 e. The van der Waals surface area contributed by atoms with Gasteiger partial charge in [0, 0.05) is 16.6 Å². The first-order chi connectivity index (χ1) is 11.0. The van der Waals surface area contributed by atoms with E-state index >= 15 is 0 Å². The molecule has 1 aromatic heterocycles. The van der Waals surface area contributed by atoms with Crippen LogP contribution in [0.3, 0.4) is 0 Å². The molecule has 1 fully saturated rings. The van der Waals surface area contributed by atoms with E-state index in [1.54, 1.807) is 36.5 Å². The number of nitrogens with zero attached hydrogens (tertiary/aromatic N) is 1. The van der Waals surface area contributed by atoms with Crippen LogP contribution in [0.4, 0.5) is 9.93 Å². The van der Waals surface area contributed by atoms with Crippen LogP contribution in [0.25, 0.3) is 6.08 Å². The number of hydrogen-bond acceptors (Lipinski definition) is 6. The SMILES string of the molecule is Cc1cnc(NC(=O)c2ccc(/C=C3/SC(=O)NC3=O)cc2)s1. The van der Waals surface area contributed by atoms with Gasteiger partial charge < -0.3 is 0 Å². The van der Waals surface area contributed by atoms with Crippen molar-refractivity contribution in [1.29, 1.82) is 0 Å². The molecule has 0 saturated carbocycles. The lowest BCUT2D eigenvalue weighted by molar-refractivity contribution is -0.115. The third-order valence-electron chi connectivity index (χ3n) is 2.95. The van der Waals surface area contributed by atoms with Gasteiger partial charge >= 0.3 is 0 Å². The highest BCUT2D eigenvalue weighted by Crippen LogP contribution is 2.25. The summed E-state index contributed by atoms with van der Waals surface area (Å²) in [4.78, 5) is 40.1. The number of aryl methyl sites for hydroxylation is 1. The van der Waals surface area contributed by atoms with E-state index in [0.717, 1.165) is 22.2 Å². The van der Waals surface area contributed by atoms with Gasteiger partial charge in [-0.15, -0.1) is 11.3 Å². The largest absolute Gasteiger partial charge is 0.298 e. The van der Waals surface area contributed by atoms with Crippen LogP contribution >= 0.6 is 23.1 Å². The molecule has 0 unspecified atom stereocenters. The van der Waals surface area contributed by atoms with Gasteiger partial charge in [0.15, 0.2) is 5.13 Å². The molecule has 3 rings (SSSR count). The third kappa shape index (κ3) is 3.66. The molecule has 0 spiro atoms. The number of carbonyl (C=O) groups excluding carboxylic acids is 3. The Morgan fingerprint density at radius 1 is 1.26 bits per heavy atom. The van der Waals surface area contributed by atoms with Crippen molar-refractivity contribution < 1.29 is 14.4 Å². The summed E-state index contributed by atoms with van der Waals surface area (Å²) in [5, 5.41) is 5.09. The smallest absolute Gasteiger partial charge is 0.290 e. The molecular weight excluding hydrogens is 334 g/mol. The molecule has 3 amide bonds. The van der Waals surface area contributed by atoms with E-state index in [4.69, 9.17) is 0 Å². The highest BCUT2D eigenvalue weighted by atomic mass is 32.2. The Labute approximate surface area is 140 Å². The van der Waals surface area contributed by atoms with Gasteiger partial charge in [-0.3, -0.25) is 25.0 Å². The van der Waals surface area contributed by atoms with Crippen LogP contribution in [0.5, 0.6) is 0 Å². The first-order valence-electron chi connectivity index (χ1n) is 6.60. The summed E-state index contributed by atoms with van der Waals surface area (Å²) >= 11 is 2.26. The number of carbonyl (C=O) groups is 3. The topological polar surface area (TPSA) is 88.2 Å². The van der Waals surface area contributed by atoms with Gasteiger partial charge in [0.25, 0.3) is 17.1 Å². The fraction of sp³-hybridized carbons (Fsp3) is 0.0667. The zero-order chi connectivity index (χ0) is 16.4. The Morgan fingerprint density at radius 2 is 2.00 bits per heavy atom. The number of imide groups is 1. The molecule has 2 heterocycles. The summed E-state index contributed by atoms with van der Waals surface area (Å²) in [5.74, 6) is -0.650. The Kier molecular flexibility index (Phi) is 4.26. The van der Waals surface area contributed by atoms with E-state index in [2.05, 4.69) is 15.6 Å². The predicted molar refractivity (Wildman–Crippen MR) is 90.4 cm³/mol. The molecule has 0 radical (unpaired) electrons. The molecule has 0 bridgehead atoms. The lowest BCUT2D eigenvalue weighted by Gasteiger charge is -2.02. The second-order valence-electron chi connectivity index (χ2n) is 4.70. The Bertz CT molecular complexity index is 825. The van der Waals surface area contributed by atoms with Crippen LogP contribution in [-0.4, -0.2) is 22.0 Å². The number of thiazole rings is 1. The van der Waals surface area contributed by atoms with Gasteiger partial charge in [0.05, 0.1) is 4.91 Å². The Morgan fingerprint density at radius 3 is 2.57 bits per heavy atom. The molecule has 0 atom stereocenters. The van der Waals surface area contributed by atoms with Crippen molar-refractivity contribution in [1.82, 2.24) is 10.3 Å². The molecule has 1 aromatic carbocycles. The number of amides is 3. The van der Waals surface area contributed by atoms with Gasteiger partial charge in [-0.25, -0.2) is 4.98 Å². The maximum Gasteiger partial charge on any atom is 0.290 e. The highest BCUT2D eigenvalue weighted by Gasteiger charge is 2.24. The van der Waals surface area contributed by atoms with Crippen LogP contribution < -0.4 is 10.6 Å². The second-order valence-corrected chi connectivity index (χ2v) is 6.95. The minimum atomic E-state index is -0.402. The number of benzene rings is 1. The summed E-state index contributed by atoms with van der Waals surface area (Å²) in [7, 11) is 0. The van der Waals surface area contributed by atoms with Crippen molar-refractivity contribution >= 4 is 51.4 Å². The Balaban J connectivity index is 1.72. The monoisotopic (exact) mass is 345 g/mol. The molecule has 2 N–H and O–H groups in total. The van der Waals surface area contributed by atoms with Crippen molar-refractivity contribution in [3.05, 3.63) is 51.4 Å². The predicted octanol–water partition coefficient (Wildman–Crippen LogP) is 3.03. The fourth-order valence-corrected chi connectivity index (χ4v) is 3.23. The first-order valence-corrected chi connectivity index (χ1v) is 8.23. The summed E-state index contributed by atoms with van der Waals surface area (Å²) in [5.41, 5.74) is 1.22. The van der Waals surface area contributed by atoms with E-state index in [1.807, 2.05) is 6.92 Å². The van der Waals surface area contributed by atoms with E-state index in [1.165, 1.54) is 11.3 Å². The molecule has 116 valence electrons. The van der Waals surface area contributed by atoms with Crippen LogP contribution in [0.2, 0.25) is 0 Å². The highest BCUT2D eigenvalue weighted by molar-refractivity contribution is 8.18. The van der Waals surface area contributed by atoms with Crippen molar-refractivity contribution in [2.45, 2.75) is 6.92 Å². The average Bonchev–Trinajstić information content (AvgIpc) is 3.05. The van der Waals surface area contributed by atoms with Crippen LogP contribution in [0, 0.1) is 6.92 Å². The number of thioether (sulfide) groups is 1. The molecule has 6 nitrogen and oxygen atoms in total. The minimum absolute atomic E-state index is 0.248. The molecule has 0 aliphatic carbocycles. The molecule has 23 heavy (non-hydrogen) atoms. The summed E-state index contributed by atoms with van der Waals surface area (Å²) < 4.78 is 0. The second kappa shape index (κ2) is 6.35. The van der Waals surface area contributed by atoms with Crippen molar-refractivity contribution in [2.75, 3.05) is 5.32 Å². The maximum atomic E-state index is 12.1. The lowest BCUT2D eigenvalue weighted by Crippen LogP contribution is -2.17. The number of aromatic nitrogens is 1. The zero-order valence-corrected chi connectivity index (χ0v) is 13.6. The number of nitrogens with one attached hydrogen (secondary N) is 2. The lowest BCUT2D eigenvalue weighted by atomic mass is 10.1. The summed E-state index contributed by atoms with van der Waals surface area (Å²) in [6, 6.07) is 6.74. The van der Waals surface area contributed by atoms with Gasteiger partial charge in [-0.1, -0.05) is 12.1 Å². The number of rotatable bonds is 3. The van der Waals surface area contributed by atoms with E-state index < -0.39 is 5.91 Å². The van der Waals surface area contributed by atoms with E-state index in [-0.39, 0.29) is 11.1 Å². The molecule has 8 heteroatoms. The Hall–Kier alpha value is -2.45. The van der Waals surface area contributed by atoms with E-state index in [0.29, 0.717) is 15.6 Å². The van der Waals surface area contributed by atoms with Gasteiger partial charge in [-0.05, 0) is 42.5 Å². The van der Waals surface area contributed by atoms with Crippen LogP contribution in [0.1, 0.15) is 20.8 Å². The molecule has 1 aliphatic rings. The molecule has 2 aromatic rings. The normalized spacial score (nSPS) is 15.8. The van der Waals surface area contributed by atoms with Crippen molar-refractivity contribution in [3.8, 4) is 0 Å². The zero-order valence-electron chi connectivity index (χ0n) is 12.0.